The van der Waals surface area contributed by atoms with Crippen LogP contribution in [0.25, 0.3) is 0 Å². The summed E-state index contributed by atoms with van der Waals surface area (Å²) in [6.45, 7) is 8.89. The molecule has 0 saturated heterocycles. The molecule has 1 aromatic rings. The minimum absolute atomic E-state index is 0.644. The Bertz CT molecular complexity index is 296. The van der Waals surface area contributed by atoms with Crippen LogP contribution in [-0.2, 0) is 0 Å². The molecule has 0 atom stereocenters. The Morgan fingerprint density at radius 1 is 1.29 bits per heavy atom. The fourth-order valence-corrected chi connectivity index (χ4v) is 1.24. The fraction of sp³-hybridized carbons (Fsp3) is 0.182. The normalized spacial score (nSPS) is 9.50. The Balaban J connectivity index is 2.80. The first-order valence-corrected chi connectivity index (χ1v) is 4.74. The van der Waals surface area contributed by atoms with Gasteiger partial charge in [0.25, 0.3) is 0 Å². The lowest BCUT2D eigenvalue weighted by molar-refractivity contribution is 0.926. The largest absolute Gasteiger partial charge is 0.349 e. The van der Waals surface area contributed by atoms with Crippen molar-refractivity contribution in [1.29, 1.82) is 0 Å². The lowest BCUT2D eigenvalue weighted by Crippen LogP contribution is -2.23. The second-order valence-corrected chi connectivity index (χ2v) is 3.25. The van der Waals surface area contributed by atoms with Crippen molar-refractivity contribution in [1.82, 2.24) is 4.98 Å². The Morgan fingerprint density at radius 2 is 1.93 bits per heavy atom. The van der Waals surface area contributed by atoms with E-state index < -0.39 is 0 Å². The van der Waals surface area contributed by atoms with Gasteiger partial charge in [-0.3, -0.25) is 0 Å². The molecule has 0 fully saturated rings. The van der Waals surface area contributed by atoms with Crippen LogP contribution in [0.3, 0.4) is 0 Å². The van der Waals surface area contributed by atoms with Gasteiger partial charge in [-0.25, -0.2) is 4.98 Å². The molecule has 0 unspecified atom stereocenters. The van der Waals surface area contributed by atoms with Crippen LogP contribution in [0.5, 0.6) is 0 Å². The van der Waals surface area contributed by atoms with Crippen LogP contribution in [0.2, 0.25) is 5.02 Å². The van der Waals surface area contributed by atoms with Gasteiger partial charge >= 0.3 is 0 Å². The molecule has 1 rings (SSSR count). The average Bonchev–Trinajstić information content (AvgIpc) is 2.19. The van der Waals surface area contributed by atoms with Crippen molar-refractivity contribution in [3.63, 3.8) is 0 Å². The monoisotopic (exact) mass is 208 g/mol. The molecular weight excluding hydrogens is 196 g/mol. The highest BCUT2D eigenvalue weighted by Gasteiger charge is 2.02. The summed E-state index contributed by atoms with van der Waals surface area (Å²) in [6.07, 6.45) is 5.30. The van der Waals surface area contributed by atoms with E-state index in [1.807, 2.05) is 24.3 Å². The minimum atomic E-state index is 0.644. The third kappa shape index (κ3) is 2.89. The number of rotatable bonds is 5. The summed E-state index contributed by atoms with van der Waals surface area (Å²) < 4.78 is 0. The Hall–Kier alpha value is -1.28. The van der Waals surface area contributed by atoms with E-state index in [0.29, 0.717) is 5.02 Å². The molecule has 0 aliphatic carbocycles. The maximum atomic E-state index is 5.75. The molecule has 1 heterocycles. The van der Waals surface area contributed by atoms with Gasteiger partial charge in [0, 0.05) is 19.3 Å². The zero-order valence-electron chi connectivity index (χ0n) is 7.99. The van der Waals surface area contributed by atoms with Crippen molar-refractivity contribution < 1.29 is 0 Å². The van der Waals surface area contributed by atoms with Crippen molar-refractivity contribution in [2.75, 3.05) is 18.0 Å². The van der Waals surface area contributed by atoms with E-state index in [0.717, 1.165) is 18.9 Å². The van der Waals surface area contributed by atoms with Crippen molar-refractivity contribution in [3.05, 3.63) is 48.7 Å². The fourth-order valence-electron chi connectivity index (χ4n) is 1.13. The molecule has 0 aliphatic rings. The number of anilines is 1. The van der Waals surface area contributed by atoms with Crippen molar-refractivity contribution in [3.8, 4) is 0 Å². The molecule has 0 aliphatic heterocycles. The first-order valence-electron chi connectivity index (χ1n) is 4.36. The second kappa shape index (κ2) is 5.45. The highest BCUT2D eigenvalue weighted by Crippen LogP contribution is 2.13. The number of aromatic nitrogens is 1. The number of pyridine rings is 1. The number of nitrogens with zero attached hydrogens (tertiary/aromatic N) is 2. The third-order valence-electron chi connectivity index (χ3n) is 1.73. The Labute approximate surface area is 89.5 Å². The molecule has 1 aromatic heterocycles. The lowest BCUT2D eigenvalue weighted by atomic mass is 10.4. The van der Waals surface area contributed by atoms with Gasteiger partial charge in [0.15, 0.2) is 0 Å². The summed E-state index contributed by atoms with van der Waals surface area (Å²) in [6, 6.07) is 3.71. The minimum Gasteiger partial charge on any atom is -0.349 e. The first kappa shape index (κ1) is 10.8. The van der Waals surface area contributed by atoms with Gasteiger partial charge in [-0.2, -0.15) is 0 Å². The van der Waals surface area contributed by atoms with Gasteiger partial charge in [-0.15, -0.1) is 13.2 Å². The molecule has 14 heavy (non-hydrogen) atoms. The molecule has 2 nitrogen and oxygen atoms in total. The van der Waals surface area contributed by atoms with Crippen molar-refractivity contribution in [2.45, 2.75) is 0 Å². The van der Waals surface area contributed by atoms with Gasteiger partial charge in [0.05, 0.1) is 5.02 Å². The van der Waals surface area contributed by atoms with Gasteiger partial charge in [-0.05, 0) is 12.1 Å². The van der Waals surface area contributed by atoms with Crippen LogP contribution in [0.1, 0.15) is 0 Å². The van der Waals surface area contributed by atoms with Gasteiger partial charge in [-0.1, -0.05) is 23.8 Å². The predicted octanol–water partition coefficient (Wildman–Crippen LogP) is 2.91. The lowest BCUT2D eigenvalue weighted by Gasteiger charge is -2.19. The van der Waals surface area contributed by atoms with Gasteiger partial charge in [0.2, 0.25) is 0 Å². The SMILES string of the molecule is C=CCN(CC=C)c1ccc(Cl)cn1. The first-order chi connectivity index (χ1) is 6.77. The molecule has 0 N–H and O–H groups in total. The maximum Gasteiger partial charge on any atom is 0.129 e. The van der Waals surface area contributed by atoms with E-state index in [4.69, 9.17) is 11.6 Å². The van der Waals surface area contributed by atoms with E-state index >= 15 is 0 Å². The maximum absolute atomic E-state index is 5.75. The average molecular weight is 209 g/mol. The molecule has 0 amide bonds. The van der Waals surface area contributed by atoms with Gasteiger partial charge in [0.1, 0.15) is 5.82 Å². The summed E-state index contributed by atoms with van der Waals surface area (Å²) in [4.78, 5) is 6.27. The molecule has 0 aromatic carbocycles. The Morgan fingerprint density at radius 3 is 2.36 bits per heavy atom. The topological polar surface area (TPSA) is 16.1 Å². The number of halogens is 1. The summed E-state index contributed by atoms with van der Waals surface area (Å²) >= 11 is 5.75. The molecule has 0 saturated carbocycles. The highest BCUT2D eigenvalue weighted by molar-refractivity contribution is 6.30. The highest BCUT2D eigenvalue weighted by atomic mass is 35.5. The van der Waals surface area contributed by atoms with Gasteiger partial charge < -0.3 is 4.90 Å². The molecule has 0 radical (unpaired) electrons. The second-order valence-electron chi connectivity index (χ2n) is 2.82. The molecule has 0 spiro atoms. The number of hydrogen-bond donors (Lipinski definition) is 0. The zero-order chi connectivity index (χ0) is 10.4. The Kier molecular flexibility index (Phi) is 4.20. The number of hydrogen-bond acceptors (Lipinski definition) is 2. The van der Waals surface area contributed by atoms with E-state index in [1.165, 1.54) is 0 Å². The van der Waals surface area contributed by atoms with Crippen LogP contribution < -0.4 is 4.90 Å². The van der Waals surface area contributed by atoms with Crippen molar-refractivity contribution >= 4 is 17.4 Å². The zero-order valence-corrected chi connectivity index (χ0v) is 8.74. The van der Waals surface area contributed by atoms with E-state index in [-0.39, 0.29) is 0 Å². The summed E-state index contributed by atoms with van der Waals surface area (Å²) in [7, 11) is 0. The smallest absolute Gasteiger partial charge is 0.129 e. The standard InChI is InChI=1S/C11H13ClN2/c1-3-7-14(8-4-2)11-6-5-10(12)9-13-11/h3-6,9H,1-2,7-8H2. The third-order valence-corrected chi connectivity index (χ3v) is 1.96. The molecule has 3 heteroatoms. The predicted molar refractivity (Wildman–Crippen MR) is 61.9 cm³/mol. The van der Waals surface area contributed by atoms with E-state index in [2.05, 4.69) is 23.0 Å². The summed E-state index contributed by atoms with van der Waals surface area (Å²) in [5, 5.41) is 0.644. The van der Waals surface area contributed by atoms with Crippen LogP contribution in [0.15, 0.2) is 43.6 Å². The molecular formula is C11H13ClN2. The van der Waals surface area contributed by atoms with E-state index in [9.17, 15) is 0 Å². The quantitative estimate of drug-likeness (QED) is 0.692. The molecule has 0 bridgehead atoms. The van der Waals surface area contributed by atoms with Crippen LogP contribution in [0.4, 0.5) is 5.82 Å². The summed E-state index contributed by atoms with van der Waals surface area (Å²) in [5.41, 5.74) is 0. The summed E-state index contributed by atoms with van der Waals surface area (Å²) in [5.74, 6) is 0.884. The van der Waals surface area contributed by atoms with Crippen molar-refractivity contribution in [2.24, 2.45) is 0 Å². The van der Waals surface area contributed by atoms with Crippen LogP contribution in [0, 0.1) is 0 Å². The van der Waals surface area contributed by atoms with E-state index in [1.54, 1.807) is 6.20 Å². The van der Waals surface area contributed by atoms with Crippen LogP contribution >= 0.6 is 11.6 Å². The van der Waals surface area contributed by atoms with Crippen LogP contribution in [-0.4, -0.2) is 18.1 Å². The molecule has 74 valence electrons.